The van der Waals surface area contributed by atoms with Crippen molar-refractivity contribution in [3.63, 3.8) is 0 Å². The Morgan fingerprint density at radius 2 is 1.69 bits per heavy atom. The average Bonchev–Trinajstić information content (AvgIpc) is 2.72. The van der Waals surface area contributed by atoms with Gasteiger partial charge in [0.2, 0.25) is 11.8 Å². The molecule has 1 atom stereocenters. The smallest absolute Gasteiger partial charge is 0.245 e. The van der Waals surface area contributed by atoms with Gasteiger partial charge in [0.15, 0.2) is 0 Å². The van der Waals surface area contributed by atoms with Crippen LogP contribution in [0.2, 0.25) is 5.02 Å². The number of rotatable bonds is 6. The fourth-order valence-corrected chi connectivity index (χ4v) is 3.76. The van der Waals surface area contributed by atoms with Crippen LogP contribution >= 0.6 is 11.6 Å². The van der Waals surface area contributed by atoms with E-state index in [4.69, 9.17) is 11.6 Å². The van der Waals surface area contributed by atoms with Crippen LogP contribution in [0.15, 0.2) is 54.6 Å². The lowest BCUT2D eigenvalue weighted by molar-refractivity contribution is -0.137. The number of carbonyl (C=O) groups excluding carboxylic acids is 2. The third kappa shape index (κ3) is 5.73. The summed E-state index contributed by atoms with van der Waals surface area (Å²) in [6, 6.07) is 16.8. The molecular formula is C23H28ClN3O2. The van der Waals surface area contributed by atoms with Gasteiger partial charge in [0.25, 0.3) is 0 Å². The maximum Gasteiger partial charge on any atom is 0.245 e. The molecular weight excluding hydrogens is 386 g/mol. The Bertz CT molecular complexity index is 833. The number of nitrogens with zero attached hydrogens (tertiary/aromatic N) is 2. The summed E-state index contributed by atoms with van der Waals surface area (Å²) in [5, 5.41) is 3.66. The van der Waals surface area contributed by atoms with E-state index >= 15 is 0 Å². The maximum absolute atomic E-state index is 13.1. The minimum Gasteiger partial charge on any atom is -0.368 e. The second kappa shape index (κ2) is 9.79. The lowest BCUT2D eigenvalue weighted by Crippen LogP contribution is -2.56. The number of benzene rings is 2. The second-order valence-electron chi connectivity index (χ2n) is 7.74. The van der Waals surface area contributed by atoms with E-state index in [0.29, 0.717) is 18.1 Å². The van der Waals surface area contributed by atoms with Gasteiger partial charge in [-0.3, -0.25) is 9.59 Å². The Hall–Kier alpha value is -2.53. The number of nitrogens with one attached hydrogen (secondary N) is 1. The van der Waals surface area contributed by atoms with E-state index in [9.17, 15) is 9.59 Å². The van der Waals surface area contributed by atoms with Crippen LogP contribution in [-0.4, -0.2) is 48.9 Å². The zero-order chi connectivity index (χ0) is 20.8. The van der Waals surface area contributed by atoms with Gasteiger partial charge in [-0.05, 0) is 29.7 Å². The van der Waals surface area contributed by atoms with Crippen LogP contribution in [0.25, 0.3) is 0 Å². The largest absolute Gasteiger partial charge is 0.368 e. The Labute approximate surface area is 177 Å². The van der Waals surface area contributed by atoms with Gasteiger partial charge >= 0.3 is 0 Å². The quantitative estimate of drug-likeness (QED) is 0.789. The summed E-state index contributed by atoms with van der Waals surface area (Å²) >= 11 is 6.09. The van der Waals surface area contributed by atoms with Crippen LogP contribution in [0.1, 0.15) is 19.4 Å². The normalized spacial score (nSPS) is 15.3. The summed E-state index contributed by atoms with van der Waals surface area (Å²) < 4.78 is 0. The van der Waals surface area contributed by atoms with Gasteiger partial charge in [-0.25, -0.2) is 0 Å². The zero-order valence-electron chi connectivity index (χ0n) is 17.0. The molecule has 1 heterocycles. The number of anilines is 1. The number of halogens is 1. The molecule has 0 spiro atoms. The molecule has 0 saturated carbocycles. The Morgan fingerprint density at radius 1 is 1.00 bits per heavy atom. The minimum atomic E-state index is -0.510. The summed E-state index contributed by atoms with van der Waals surface area (Å²) in [6.45, 7) is 6.68. The van der Waals surface area contributed by atoms with Gasteiger partial charge in [0.1, 0.15) is 6.04 Å². The molecule has 29 heavy (non-hydrogen) atoms. The van der Waals surface area contributed by atoms with Gasteiger partial charge < -0.3 is 15.1 Å². The van der Waals surface area contributed by atoms with Gasteiger partial charge in [0.05, 0.1) is 6.42 Å². The first kappa shape index (κ1) is 21.2. The highest BCUT2D eigenvalue weighted by Gasteiger charge is 2.30. The molecule has 2 aromatic carbocycles. The molecule has 2 aromatic rings. The Kier molecular flexibility index (Phi) is 7.15. The molecule has 2 amide bonds. The summed E-state index contributed by atoms with van der Waals surface area (Å²) in [4.78, 5) is 29.7. The lowest BCUT2D eigenvalue weighted by atomic mass is 10.0. The van der Waals surface area contributed by atoms with Crippen molar-refractivity contribution in [3.05, 3.63) is 65.2 Å². The fourth-order valence-electron chi connectivity index (χ4n) is 3.57. The van der Waals surface area contributed by atoms with Crippen molar-refractivity contribution < 1.29 is 9.59 Å². The highest BCUT2D eigenvalue weighted by Crippen LogP contribution is 2.21. The molecule has 0 bridgehead atoms. The van der Waals surface area contributed by atoms with Crippen molar-refractivity contribution in [1.29, 1.82) is 0 Å². The standard InChI is InChI=1S/C23H28ClN3O2/c1-17(2)22(25-21(28)15-18-7-4-3-5-8-18)23(29)27-13-11-26(12-14-27)20-10-6-9-19(24)16-20/h3-10,16-17,22H,11-15H2,1-2H3,(H,25,28)/t22-/m1/s1. The molecule has 1 aliphatic heterocycles. The predicted molar refractivity (Wildman–Crippen MR) is 117 cm³/mol. The maximum atomic E-state index is 13.1. The van der Waals surface area contributed by atoms with Crippen molar-refractivity contribution in [2.75, 3.05) is 31.1 Å². The third-order valence-electron chi connectivity index (χ3n) is 5.22. The molecule has 0 aromatic heterocycles. The zero-order valence-corrected chi connectivity index (χ0v) is 17.7. The summed E-state index contributed by atoms with van der Waals surface area (Å²) in [7, 11) is 0. The van der Waals surface area contributed by atoms with E-state index in [0.717, 1.165) is 24.3 Å². The first-order valence-corrected chi connectivity index (χ1v) is 10.4. The molecule has 154 valence electrons. The van der Waals surface area contributed by atoms with E-state index in [1.165, 1.54) is 0 Å². The molecule has 6 heteroatoms. The summed E-state index contributed by atoms with van der Waals surface area (Å²) in [5.41, 5.74) is 2.01. The van der Waals surface area contributed by atoms with E-state index in [1.54, 1.807) is 0 Å². The molecule has 1 fully saturated rings. The van der Waals surface area contributed by atoms with Crippen molar-refractivity contribution in [2.24, 2.45) is 5.92 Å². The minimum absolute atomic E-state index is 0.00726. The molecule has 0 aliphatic carbocycles. The molecule has 3 rings (SSSR count). The molecule has 1 N–H and O–H groups in total. The number of amides is 2. The molecule has 0 unspecified atom stereocenters. The van der Waals surface area contributed by atoms with Crippen LogP contribution in [0.4, 0.5) is 5.69 Å². The second-order valence-corrected chi connectivity index (χ2v) is 8.18. The van der Waals surface area contributed by atoms with Crippen LogP contribution < -0.4 is 10.2 Å². The third-order valence-corrected chi connectivity index (χ3v) is 5.46. The highest BCUT2D eigenvalue weighted by molar-refractivity contribution is 6.30. The van der Waals surface area contributed by atoms with E-state index in [2.05, 4.69) is 10.2 Å². The molecule has 0 radical (unpaired) electrons. The number of hydrogen-bond donors (Lipinski definition) is 1. The van der Waals surface area contributed by atoms with E-state index in [1.807, 2.05) is 73.3 Å². The van der Waals surface area contributed by atoms with E-state index in [-0.39, 0.29) is 24.2 Å². The number of hydrogen-bond acceptors (Lipinski definition) is 3. The van der Waals surface area contributed by atoms with Crippen LogP contribution in [-0.2, 0) is 16.0 Å². The fraction of sp³-hybridized carbons (Fsp3) is 0.391. The first-order valence-electron chi connectivity index (χ1n) is 10.1. The SMILES string of the molecule is CC(C)[C@@H](NC(=O)Cc1ccccc1)C(=O)N1CCN(c2cccc(Cl)c2)CC1. The molecule has 5 nitrogen and oxygen atoms in total. The van der Waals surface area contributed by atoms with Crippen molar-refractivity contribution in [3.8, 4) is 0 Å². The highest BCUT2D eigenvalue weighted by atomic mass is 35.5. The summed E-state index contributed by atoms with van der Waals surface area (Å²) in [5.74, 6) is -0.110. The first-order chi connectivity index (χ1) is 13.9. The van der Waals surface area contributed by atoms with Gasteiger partial charge in [-0.2, -0.15) is 0 Å². The lowest BCUT2D eigenvalue weighted by Gasteiger charge is -2.38. The topological polar surface area (TPSA) is 52.7 Å². The predicted octanol–water partition coefficient (Wildman–Crippen LogP) is 3.37. The monoisotopic (exact) mass is 413 g/mol. The van der Waals surface area contributed by atoms with Crippen LogP contribution in [0, 0.1) is 5.92 Å². The van der Waals surface area contributed by atoms with Crippen molar-refractivity contribution in [2.45, 2.75) is 26.3 Å². The number of piperazine rings is 1. The summed E-state index contributed by atoms with van der Waals surface area (Å²) in [6.07, 6.45) is 0.278. The van der Waals surface area contributed by atoms with Crippen LogP contribution in [0.5, 0.6) is 0 Å². The molecule has 1 aliphatic rings. The van der Waals surface area contributed by atoms with Gasteiger partial charge in [-0.1, -0.05) is 61.8 Å². The average molecular weight is 414 g/mol. The Morgan fingerprint density at radius 3 is 2.31 bits per heavy atom. The van der Waals surface area contributed by atoms with Gasteiger partial charge in [-0.15, -0.1) is 0 Å². The van der Waals surface area contributed by atoms with Crippen LogP contribution in [0.3, 0.4) is 0 Å². The van der Waals surface area contributed by atoms with Crippen molar-refractivity contribution >= 4 is 29.1 Å². The van der Waals surface area contributed by atoms with Crippen molar-refractivity contribution in [1.82, 2.24) is 10.2 Å². The van der Waals surface area contributed by atoms with Gasteiger partial charge in [0, 0.05) is 36.9 Å². The van der Waals surface area contributed by atoms with E-state index < -0.39 is 6.04 Å². The molecule has 1 saturated heterocycles. The number of carbonyl (C=O) groups is 2. The Balaban J connectivity index is 1.57.